The Morgan fingerprint density at radius 3 is 2.43 bits per heavy atom. The molecule has 2 aromatic carbocycles. The molecule has 28 heavy (non-hydrogen) atoms. The number of nitrogens with one attached hydrogen (secondary N) is 2. The summed E-state index contributed by atoms with van der Waals surface area (Å²) in [5.74, 6) is -0.807. The molecule has 0 aliphatic heterocycles. The number of ether oxygens (including phenoxy) is 1. The Hall–Kier alpha value is -3.45. The fraction of sp³-hybridized carbons (Fsp3) is 0.100. The van der Waals surface area contributed by atoms with E-state index in [1.165, 1.54) is 13.3 Å². The van der Waals surface area contributed by atoms with E-state index in [1.54, 1.807) is 30.3 Å². The summed E-state index contributed by atoms with van der Waals surface area (Å²) in [7, 11) is 1.33. The predicted octanol–water partition coefficient (Wildman–Crippen LogP) is 3.36. The van der Waals surface area contributed by atoms with Gasteiger partial charge in [-0.15, -0.1) is 12.4 Å². The molecule has 0 fully saturated rings. The predicted molar refractivity (Wildman–Crippen MR) is 109 cm³/mol. The maximum atomic E-state index is 12.2. The van der Waals surface area contributed by atoms with Gasteiger partial charge in [-0.2, -0.15) is 10.2 Å². The second-order valence-electron chi connectivity index (χ2n) is 5.85. The molecule has 1 heterocycles. The number of halogens is 1. The second-order valence-corrected chi connectivity index (χ2v) is 5.85. The highest BCUT2D eigenvalue weighted by Gasteiger charge is 2.10. The van der Waals surface area contributed by atoms with Crippen LogP contribution in [0.4, 0.5) is 0 Å². The topological polar surface area (TPSA) is 96.4 Å². The first-order valence-electron chi connectivity index (χ1n) is 8.21. The van der Waals surface area contributed by atoms with E-state index >= 15 is 0 Å². The number of methoxy groups -OCH3 is 1. The van der Waals surface area contributed by atoms with Gasteiger partial charge in [-0.1, -0.05) is 42.0 Å². The highest BCUT2D eigenvalue weighted by Crippen LogP contribution is 2.18. The molecule has 144 valence electrons. The molecule has 7 nitrogen and oxygen atoms in total. The quantitative estimate of drug-likeness (QED) is 0.391. The van der Waals surface area contributed by atoms with Crippen LogP contribution < -0.4 is 5.43 Å². The number of benzene rings is 2. The third-order valence-electron chi connectivity index (χ3n) is 3.88. The van der Waals surface area contributed by atoms with Crippen molar-refractivity contribution in [3.8, 4) is 11.3 Å². The minimum Gasteiger partial charge on any atom is -0.465 e. The summed E-state index contributed by atoms with van der Waals surface area (Å²) < 4.78 is 4.64. The number of esters is 1. The molecule has 8 heteroatoms. The number of carbonyl (C=O) groups is 2. The largest absolute Gasteiger partial charge is 0.465 e. The number of hydrogen-bond acceptors (Lipinski definition) is 5. The lowest BCUT2D eigenvalue weighted by Gasteiger charge is -1.99. The molecular formula is C20H19ClN4O3. The fourth-order valence-electron chi connectivity index (χ4n) is 2.36. The lowest BCUT2D eigenvalue weighted by molar-refractivity contribution is 0.0600. The summed E-state index contributed by atoms with van der Waals surface area (Å²) in [6.45, 7) is 2.01. The van der Waals surface area contributed by atoms with Crippen LogP contribution in [0.25, 0.3) is 11.3 Å². The molecule has 2 N–H and O–H groups in total. The normalized spacial score (nSPS) is 10.4. The van der Waals surface area contributed by atoms with E-state index < -0.39 is 11.9 Å². The highest BCUT2D eigenvalue weighted by atomic mass is 35.5. The molecule has 0 saturated heterocycles. The smallest absolute Gasteiger partial charge is 0.337 e. The molecule has 0 radical (unpaired) electrons. The van der Waals surface area contributed by atoms with E-state index in [0.717, 1.165) is 16.7 Å². The Morgan fingerprint density at radius 1 is 1.11 bits per heavy atom. The Labute approximate surface area is 168 Å². The lowest BCUT2D eigenvalue weighted by Crippen LogP contribution is -2.18. The zero-order valence-corrected chi connectivity index (χ0v) is 16.1. The van der Waals surface area contributed by atoms with Crippen LogP contribution >= 0.6 is 12.4 Å². The van der Waals surface area contributed by atoms with Crippen molar-refractivity contribution < 1.29 is 14.3 Å². The molecule has 0 saturated carbocycles. The van der Waals surface area contributed by atoms with Crippen molar-refractivity contribution >= 4 is 30.5 Å². The highest BCUT2D eigenvalue weighted by molar-refractivity contribution is 5.94. The van der Waals surface area contributed by atoms with Crippen molar-refractivity contribution in [2.45, 2.75) is 6.92 Å². The van der Waals surface area contributed by atoms with E-state index in [9.17, 15) is 9.59 Å². The summed E-state index contributed by atoms with van der Waals surface area (Å²) in [6, 6.07) is 16.2. The first-order chi connectivity index (χ1) is 13.1. The molecule has 0 bridgehead atoms. The van der Waals surface area contributed by atoms with E-state index in [-0.39, 0.29) is 12.4 Å². The Morgan fingerprint density at radius 2 is 1.79 bits per heavy atom. The molecule has 0 atom stereocenters. The first kappa shape index (κ1) is 20.9. The number of aromatic nitrogens is 2. The fourth-order valence-corrected chi connectivity index (χ4v) is 2.36. The summed E-state index contributed by atoms with van der Waals surface area (Å²) in [6.07, 6.45) is 1.48. The number of rotatable bonds is 5. The summed E-state index contributed by atoms with van der Waals surface area (Å²) in [5.41, 5.74) is 6.68. The van der Waals surface area contributed by atoms with Crippen LogP contribution in [0.1, 0.15) is 32.0 Å². The van der Waals surface area contributed by atoms with Crippen molar-refractivity contribution in [2.24, 2.45) is 5.10 Å². The molecule has 1 aromatic heterocycles. The summed E-state index contributed by atoms with van der Waals surface area (Å²) in [5, 5.41) is 10.8. The summed E-state index contributed by atoms with van der Waals surface area (Å²) >= 11 is 0. The molecule has 0 unspecified atom stereocenters. The Balaban J connectivity index is 0.00000280. The van der Waals surface area contributed by atoms with Gasteiger partial charge in [0.25, 0.3) is 5.91 Å². The minimum atomic E-state index is -0.407. The van der Waals surface area contributed by atoms with Crippen LogP contribution in [-0.2, 0) is 4.74 Å². The van der Waals surface area contributed by atoms with Crippen molar-refractivity contribution in [3.05, 3.63) is 77.0 Å². The van der Waals surface area contributed by atoms with Crippen LogP contribution in [0.2, 0.25) is 0 Å². The second kappa shape index (κ2) is 9.48. The standard InChI is InChI=1S/C20H18N4O3.ClH/c1-13-3-7-15(8-4-13)17-11-18(23-22-17)19(25)24-21-12-14-5-9-16(10-6-14)20(26)27-2;/h3-12H,1-2H3,(H,22,23)(H,24,25);1H. The number of aryl methyl sites for hydroxylation is 1. The van der Waals surface area contributed by atoms with Gasteiger partial charge >= 0.3 is 5.97 Å². The molecule has 3 rings (SSSR count). The van der Waals surface area contributed by atoms with Crippen LogP contribution in [0.15, 0.2) is 59.7 Å². The summed E-state index contributed by atoms with van der Waals surface area (Å²) in [4.78, 5) is 23.5. The lowest BCUT2D eigenvalue weighted by atomic mass is 10.1. The molecule has 0 aliphatic carbocycles. The average molecular weight is 399 g/mol. The zero-order chi connectivity index (χ0) is 19.2. The van der Waals surface area contributed by atoms with Crippen LogP contribution in [0.5, 0.6) is 0 Å². The van der Waals surface area contributed by atoms with Gasteiger partial charge in [0, 0.05) is 5.56 Å². The van der Waals surface area contributed by atoms with Crippen molar-refractivity contribution in [2.75, 3.05) is 7.11 Å². The molecular weight excluding hydrogens is 380 g/mol. The van der Waals surface area contributed by atoms with Crippen molar-refractivity contribution in [1.29, 1.82) is 0 Å². The number of amides is 1. The molecule has 0 aliphatic rings. The maximum absolute atomic E-state index is 12.2. The third-order valence-corrected chi connectivity index (χ3v) is 3.88. The van der Waals surface area contributed by atoms with Crippen molar-refractivity contribution in [3.63, 3.8) is 0 Å². The van der Waals surface area contributed by atoms with E-state index in [2.05, 4.69) is 25.5 Å². The number of aromatic amines is 1. The monoisotopic (exact) mass is 398 g/mol. The SMILES string of the molecule is COC(=O)c1ccc(C=NNC(=O)c2cc(-c3ccc(C)cc3)n[nH]2)cc1.Cl. The molecule has 0 spiro atoms. The third kappa shape index (κ3) is 5.05. The first-order valence-corrected chi connectivity index (χ1v) is 8.21. The number of nitrogens with zero attached hydrogens (tertiary/aromatic N) is 2. The van der Waals surface area contributed by atoms with Gasteiger partial charge in [0.1, 0.15) is 5.69 Å². The van der Waals surface area contributed by atoms with Crippen LogP contribution in [0.3, 0.4) is 0 Å². The zero-order valence-electron chi connectivity index (χ0n) is 15.3. The number of hydrazone groups is 1. The molecule has 1 amide bonds. The van der Waals surface area contributed by atoms with Gasteiger partial charge in [-0.25, -0.2) is 10.2 Å². The molecule has 3 aromatic rings. The van der Waals surface area contributed by atoms with Gasteiger partial charge in [0.15, 0.2) is 0 Å². The van der Waals surface area contributed by atoms with Gasteiger partial charge in [0.2, 0.25) is 0 Å². The van der Waals surface area contributed by atoms with E-state index in [4.69, 9.17) is 0 Å². The minimum absolute atomic E-state index is 0. The number of hydrogen-bond donors (Lipinski definition) is 2. The number of carbonyl (C=O) groups excluding carboxylic acids is 2. The van der Waals surface area contributed by atoms with Gasteiger partial charge in [-0.05, 0) is 30.7 Å². The van der Waals surface area contributed by atoms with E-state index in [1.807, 2.05) is 31.2 Å². The Kier molecular flexibility index (Phi) is 7.06. The van der Waals surface area contributed by atoms with Crippen LogP contribution in [0, 0.1) is 6.92 Å². The van der Waals surface area contributed by atoms with Gasteiger partial charge in [-0.3, -0.25) is 9.89 Å². The Bertz CT molecular complexity index is 979. The van der Waals surface area contributed by atoms with Gasteiger partial charge in [0.05, 0.1) is 24.6 Å². The van der Waals surface area contributed by atoms with Crippen molar-refractivity contribution in [1.82, 2.24) is 15.6 Å². The number of H-pyrrole nitrogens is 1. The van der Waals surface area contributed by atoms with Gasteiger partial charge < -0.3 is 4.74 Å². The maximum Gasteiger partial charge on any atom is 0.337 e. The average Bonchev–Trinajstić information content (AvgIpc) is 3.19. The van der Waals surface area contributed by atoms with E-state index in [0.29, 0.717) is 17.0 Å². The van der Waals surface area contributed by atoms with Crippen LogP contribution in [-0.4, -0.2) is 35.4 Å².